The van der Waals surface area contributed by atoms with Gasteiger partial charge in [0.1, 0.15) is 0 Å². The quantitative estimate of drug-likeness (QED) is 0.922. The molecule has 9 heteroatoms. The second-order valence-corrected chi connectivity index (χ2v) is 7.31. The van der Waals surface area contributed by atoms with Crippen LogP contribution in [0.1, 0.15) is 0 Å². The number of hydrogen-bond donors (Lipinski definition) is 1. The number of halogens is 3. The average Bonchev–Trinajstić information content (AvgIpc) is 2.47. The van der Waals surface area contributed by atoms with Gasteiger partial charge < -0.3 is 0 Å². The van der Waals surface area contributed by atoms with E-state index < -0.39 is 26.3 Å². The van der Waals surface area contributed by atoms with E-state index in [2.05, 4.69) is 0 Å². The first-order chi connectivity index (χ1) is 10.2. The summed E-state index contributed by atoms with van der Waals surface area (Å²) in [5, 5.41) is 0. The third-order valence-corrected chi connectivity index (χ3v) is 5.10. The summed E-state index contributed by atoms with van der Waals surface area (Å²) < 4.78 is 72.3. The van der Waals surface area contributed by atoms with Gasteiger partial charge in [-0.1, -0.05) is 18.2 Å². The largest absolute Gasteiger partial charge is 0.516 e. The zero-order valence-corrected chi connectivity index (χ0v) is 12.5. The molecule has 1 atom stereocenters. The zero-order chi connectivity index (χ0) is 16.4. The van der Waals surface area contributed by atoms with Gasteiger partial charge in [0.15, 0.2) is 0 Å². The SMILES string of the molecule is O=[S@](c1ccccc1)c1ccc(NS(=O)(=O)C(F)(F)F)cc1. The first kappa shape index (κ1) is 16.5. The monoisotopic (exact) mass is 349 g/mol. The lowest BCUT2D eigenvalue weighted by atomic mass is 10.3. The highest BCUT2D eigenvalue weighted by atomic mass is 32.2. The molecule has 0 radical (unpaired) electrons. The van der Waals surface area contributed by atoms with Crippen LogP contribution in [-0.2, 0) is 20.8 Å². The lowest BCUT2D eigenvalue weighted by Gasteiger charge is -2.10. The van der Waals surface area contributed by atoms with Crippen LogP contribution in [0, 0.1) is 0 Å². The van der Waals surface area contributed by atoms with Crippen LogP contribution in [0.2, 0.25) is 0 Å². The third kappa shape index (κ3) is 3.66. The molecule has 2 rings (SSSR count). The lowest BCUT2D eigenvalue weighted by Crippen LogP contribution is -2.29. The van der Waals surface area contributed by atoms with E-state index in [1.165, 1.54) is 16.9 Å². The maximum atomic E-state index is 12.2. The zero-order valence-electron chi connectivity index (χ0n) is 10.9. The molecule has 0 unspecified atom stereocenters. The van der Waals surface area contributed by atoms with Crippen molar-refractivity contribution < 1.29 is 25.8 Å². The van der Waals surface area contributed by atoms with Crippen LogP contribution in [0.4, 0.5) is 18.9 Å². The topological polar surface area (TPSA) is 63.2 Å². The number of rotatable bonds is 4. The van der Waals surface area contributed by atoms with Crippen LogP contribution >= 0.6 is 0 Å². The molecule has 0 heterocycles. The molecule has 0 saturated carbocycles. The van der Waals surface area contributed by atoms with Crippen molar-refractivity contribution in [2.75, 3.05) is 4.72 Å². The molecular formula is C13H10F3NO3S2. The van der Waals surface area contributed by atoms with Crippen LogP contribution in [0.15, 0.2) is 64.4 Å². The van der Waals surface area contributed by atoms with Gasteiger partial charge in [-0.3, -0.25) is 4.72 Å². The molecule has 0 spiro atoms. The van der Waals surface area contributed by atoms with Crippen molar-refractivity contribution in [3.63, 3.8) is 0 Å². The molecule has 0 aliphatic rings. The van der Waals surface area contributed by atoms with E-state index in [1.54, 1.807) is 30.3 Å². The van der Waals surface area contributed by atoms with Crippen molar-refractivity contribution in [3.8, 4) is 0 Å². The molecule has 0 saturated heterocycles. The Kier molecular flexibility index (Phi) is 4.57. The second-order valence-electron chi connectivity index (χ2n) is 4.16. The first-order valence-electron chi connectivity index (χ1n) is 5.87. The normalized spacial score (nSPS) is 13.6. The number of hydrogen-bond acceptors (Lipinski definition) is 3. The molecule has 2 aromatic carbocycles. The number of nitrogens with one attached hydrogen (secondary N) is 1. The second kappa shape index (κ2) is 6.09. The summed E-state index contributed by atoms with van der Waals surface area (Å²) in [6, 6.07) is 13.3. The molecule has 22 heavy (non-hydrogen) atoms. The molecule has 0 aliphatic carbocycles. The highest BCUT2D eigenvalue weighted by Gasteiger charge is 2.45. The minimum absolute atomic E-state index is 0.258. The van der Waals surface area contributed by atoms with Crippen molar-refractivity contribution >= 4 is 26.5 Å². The van der Waals surface area contributed by atoms with Gasteiger partial charge in [-0.15, -0.1) is 0 Å². The highest BCUT2D eigenvalue weighted by molar-refractivity contribution is 7.93. The van der Waals surface area contributed by atoms with E-state index in [9.17, 15) is 25.8 Å². The Hall–Kier alpha value is -1.87. The molecule has 0 bridgehead atoms. The Morgan fingerprint density at radius 3 is 1.86 bits per heavy atom. The molecule has 0 aliphatic heterocycles. The van der Waals surface area contributed by atoms with Crippen molar-refractivity contribution in [2.45, 2.75) is 15.3 Å². The van der Waals surface area contributed by atoms with Crippen molar-refractivity contribution in [1.82, 2.24) is 0 Å². The summed E-state index contributed by atoms with van der Waals surface area (Å²) in [7, 11) is -6.96. The van der Waals surface area contributed by atoms with E-state index in [0.717, 1.165) is 12.1 Å². The summed E-state index contributed by atoms with van der Waals surface area (Å²) in [5.74, 6) is 0. The Labute approximate surface area is 127 Å². The minimum Gasteiger partial charge on any atom is -0.276 e. The van der Waals surface area contributed by atoms with Crippen LogP contribution in [0.25, 0.3) is 0 Å². The summed E-state index contributed by atoms with van der Waals surface area (Å²) in [6.45, 7) is 0. The molecule has 1 N–H and O–H groups in total. The molecule has 0 aromatic heterocycles. The smallest absolute Gasteiger partial charge is 0.276 e. The van der Waals surface area contributed by atoms with Gasteiger partial charge in [-0.25, -0.2) is 4.21 Å². The van der Waals surface area contributed by atoms with Gasteiger partial charge in [-0.05, 0) is 36.4 Å². The van der Waals surface area contributed by atoms with E-state index in [-0.39, 0.29) is 5.69 Å². The van der Waals surface area contributed by atoms with Gasteiger partial charge in [0.05, 0.1) is 10.8 Å². The Bertz CT molecular complexity index is 772. The fourth-order valence-electron chi connectivity index (χ4n) is 1.54. The van der Waals surface area contributed by atoms with Crippen LogP contribution in [0.5, 0.6) is 0 Å². The molecule has 2 aromatic rings. The fourth-order valence-corrected chi connectivity index (χ4v) is 3.16. The average molecular weight is 349 g/mol. The van der Waals surface area contributed by atoms with E-state index in [0.29, 0.717) is 9.79 Å². The summed E-state index contributed by atoms with van der Waals surface area (Å²) in [6.07, 6.45) is 0. The van der Waals surface area contributed by atoms with Crippen LogP contribution in [-0.4, -0.2) is 18.1 Å². The summed E-state index contributed by atoms with van der Waals surface area (Å²) in [4.78, 5) is 0.882. The number of sulfonamides is 1. The predicted molar refractivity (Wildman–Crippen MR) is 76.2 cm³/mol. The molecule has 0 amide bonds. The Morgan fingerprint density at radius 2 is 1.36 bits per heavy atom. The van der Waals surface area contributed by atoms with Gasteiger partial charge in [0.25, 0.3) is 0 Å². The van der Waals surface area contributed by atoms with E-state index in [4.69, 9.17) is 0 Å². The minimum atomic E-state index is -5.46. The van der Waals surface area contributed by atoms with Gasteiger partial charge in [0.2, 0.25) is 0 Å². The lowest BCUT2D eigenvalue weighted by molar-refractivity contribution is -0.0429. The standard InChI is InChI=1S/C13H10F3NO3S2/c14-13(15,16)22(19,20)17-10-6-8-12(9-7-10)21(18)11-4-2-1-3-5-11/h1-9,17H/t21-/m1/s1. The first-order valence-corrected chi connectivity index (χ1v) is 8.50. The highest BCUT2D eigenvalue weighted by Crippen LogP contribution is 2.26. The molecule has 0 fully saturated rings. The molecule has 4 nitrogen and oxygen atoms in total. The van der Waals surface area contributed by atoms with Gasteiger partial charge >= 0.3 is 15.5 Å². The Balaban J connectivity index is 2.20. The third-order valence-electron chi connectivity index (χ3n) is 2.58. The fraction of sp³-hybridized carbons (Fsp3) is 0.0769. The van der Waals surface area contributed by atoms with Crippen LogP contribution in [0.3, 0.4) is 0 Å². The van der Waals surface area contributed by atoms with E-state index >= 15 is 0 Å². The molecule has 118 valence electrons. The van der Waals surface area contributed by atoms with Crippen molar-refractivity contribution in [1.29, 1.82) is 0 Å². The number of alkyl halides is 3. The summed E-state index contributed by atoms with van der Waals surface area (Å²) >= 11 is 0. The van der Waals surface area contributed by atoms with E-state index in [1.807, 2.05) is 0 Å². The molecular weight excluding hydrogens is 339 g/mol. The maximum absolute atomic E-state index is 12.2. The summed E-state index contributed by atoms with van der Waals surface area (Å²) in [5.41, 5.74) is -5.65. The number of benzene rings is 2. The predicted octanol–water partition coefficient (Wildman–Crippen LogP) is 3.11. The number of anilines is 1. The van der Waals surface area contributed by atoms with Crippen LogP contribution < -0.4 is 4.72 Å². The van der Waals surface area contributed by atoms with Crippen molar-refractivity contribution in [3.05, 3.63) is 54.6 Å². The maximum Gasteiger partial charge on any atom is 0.516 e. The van der Waals surface area contributed by atoms with Gasteiger partial charge in [0, 0.05) is 15.5 Å². The van der Waals surface area contributed by atoms with Gasteiger partial charge in [-0.2, -0.15) is 21.6 Å². The van der Waals surface area contributed by atoms with Crippen molar-refractivity contribution in [2.24, 2.45) is 0 Å². The Morgan fingerprint density at radius 1 is 0.864 bits per heavy atom.